The zero-order chi connectivity index (χ0) is 14.5. The molecule has 1 aliphatic heterocycles. The lowest BCUT2D eigenvalue weighted by Gasteiger charge is -2.32. The van der Waals surface area contributed by atoms with Gasteiger partial charge in [-0.3, -0.25) is 0 Å². The lowest BCUT2D eigenvalue weighted by Crippen LogP contribution is -2.51. The number of benzene rings is 1. The molecule has 1 heterocycles. The molecule has 0 saturated carbocycles. The maximum atomic E-state index is 12.1. The molecule has 2 rings (SSSR count). The van der Waals surface area contributed by atoms with Crippen LogP contribution in [0.3, 0.4) is 0 Å². The molecule has 2 amide bonds. The summed E-state index contributed by atoms with van der Waals surface area (Å²) in [6, 6.07) is 6.12. The number of hydrogen-bond donors (Lipinski definition) is 2. The van der Waals surface area contributed by atoms with Gasteiger partial charge >= 0.3 is 12.0 Å². The highest BCUT2D eigenvalue weighted by atomic mass is 35.5. The highest BCUT2D eigenvalue weighted by Gasteiger charge is 2.31. The van der Waals surface area contributed by atoms with Crippen LogP contribution >= 0.6 is 11.6 Å². The summed E-state index contributed by atoms with van der Waals surface area (Å²) in [5, 5.41) is 12.5. The lowest BCUT2D eigenvalue weighted by atomic mass is 10.0. The molecular weight excluding hydrogens is 280 g/mol. The predicted octanol–water partition coefficient (Wildman–Crippen LogP) is 2.49. The Bertz CT molecular complexity index is 490. The zero-order valence-electron chi connectivity index (χ0n) is 11.0. The molecule has 108 valence electrons. The fourth-order valence-electron chi connectivity index (χ4n) is 2.31. The summed E-state index contributed by atoms with van der Waals surface area (Å²) in [6.07, 6.45) is 2.21. The third-order valence-electron chi connectivity index (χ3n) is 3.41. The number of likely N-dealkylation sites (tertiary alicyclic amines) is 1. The van der Waals surface area contributed by atoms with Crippen molar-refractivity contribution in [3.05, 3.63) is 34.9 Å². The van der Waals surface area contributed by atoms with Crippen molar-refractivity contribution < 1.29 is 14.7 Å². The number of piperidine rings is 1. The van der Waals surface area contributed by atoms with Crippen molar-refractivity contribution in [2.45, 2.75) is 31.8 Å². The van der Waals surface area contributed by atoms with Crippen LogP contribution in [0, 0.1) is 0 Å². The van der Waals surface area contributed by atoms with Crippen molar-refractivity contribution in [1.29, 1.82) is 0 Å². The number of hydrogen-bond acceptors (Lipinski definition) is 2. The van der Waals surface area contributed by atoms with Crippen molar-refractivity contribution in [1.82, 2.24) is 10.2 Å². The molecule has 1 aromatic carbocycles. The second kappa shape index (κ2) is 6.61. The normalized spacial score (nSPS) is 18.6. The van der Waals surface area contributed by atoms with E-state index in [2.05, 4.69) is 5.32 Å². The van der Waals surface area contributed by atoms with Crippen molar-refractivity contribution in [3.8, 4) is 0 Å². The number of aliphatic carboxylic acids is 1. The summed E-state index contributed by atoms with van der Waals surface area (Å²) >= 11 is 5.79. The average Bonchev–Trinajstić information content (AvgIpc) is 2.46. The van der Waals surface area contributed by atoms with E-state index in [1.165, 1.54) is 4.90 Å². The second-order valence-electron chi connectivity index (χ2n) is 4.83. The molecular formula is C14H17ClN2O3. The summed E-state index contributed by atoms with van der Waals surface area (Å²) in [5.41, 5.74) is 0.923. The van der Waals surface area contributed by atoms with E-state index in [0.29, 0.717) is 24.5 Å². The summed E-state index contributed by atoms with van der Waals surface area (Å²) in [4.78, 5) is 24.6. The van der Waals surface area contributed by atoms with E-state index in [9.17, 15) is 9.59 Å². The van der Waals surface area contributed by atoms with Crippen molar-refractivity contribution in [3.63, 3.8) is 0 Å². The minimum absolute atomic E-state index is 0.327. The number of carboxylic acids is 1. The van der Waals surface area contributed by atoms with Crippen LogP contribution in [-0.2, 0) is 11.3 Å². The first-order chi connectivity index (χ1) is 9.58. The number of nitrogens with zero attached hydrogens (tertiary/aromatic N) is 1. The first-order valence-corrected chi connectivity index (χ1v) is 6.97. The molecule has 1 unspecified atom stereocenters. The summed E-state index contributed by atoms with van der Waals surface area (Å²) < 4.78 is 0. The molecule has 0 radical (unpaired) electrons. The van der Waals surface area contributed by atoms with E-state index in [1.54, 1.807) is 12.1 Å². The monoisotopic (exact) mass is 296 g/mol. The average molecular weight is 297 g/mol. The molecule has 0 spiro atoms. The van der Waals surface area contributed by atoms with Gasteiger partial charge in [0, 0.05) is 18.1 Å². The Morgan fingerprint density at radius 3 is 2.65 bits per heavy atom. The van der Waals surface area contributed by atoms with Gasteiger partial charge in [0.05, 0.1) is 0 Å². The summed E-state index contributed by atoms with van der Waals surface area (Å²) in [6.45, 7) is 0.849. The van der Waals surface area contributed by atoms with E-state index in [-0.39, 0.29) is 6.03 Å². The van der Waals surface area contributed by atoms with Gasteiger partial charge in [-0.1, -0.05) is 23.7 Å². The lowest BCUT2D eigenvalue weighted by molar-refractivity contribution is -0.143. The third-order valence-corrected chi connectivity index (χ3v) is 3.66. The second-order valence-corrected chi connectivity index (χ2v) is 5.26. The van der Waals surface area contributed by atoms with Crippen LogP contribution < -0.4 is 5.32 Å². The molecule has 1 saturated heterocycles. The molecule has 0 bridgehead atoms. The number of carboxylic acid groups (broad SMARTS) is 1. The van der Waals surface area contributed by atoms with Gasteiger partial charge in [0.1, 0.15) is 6.04 Å². The number of urea groups is 1. The van der Waals surface area contributed by atoms with Crippen LogP contribution in [0.15, 0.2) is 24.3 Å². The molecule has 1 fully saturated rings. The Morgan fingerprint density at radius 2 is 2.00 bits per heavy atom. The number of nitrogens with one attached hydrogen (secondary N) is 1. The molecule has 0 aromatic heterocycles. The largest absolute Gasteiger partial charge is 0.480 e. The van der Waals surface area contributed by atoms with Gasteiger partial charge < -0.3 is 15.3 Å². The molecule has 2 N–H and O–H groups in total. The van der Waals surface area contributed by atoms with Gasteiger partial charge in [0.2, 0.25) is 0 Å². The van der Waals surface area contributed by atoms with E-state index in [1.807, 2.05) is 12.1 Å². The van der Waals surface area contributed by atoms with Crippen LogP contribution in [0.5, 0.6) is 0 Å². The number of carbonyl (C=O) groups is 2. The Morgan fingerprint density at radius 1 is 1.30 bits per heavy atom. The van der Waals surface area contributed by atoms with Crippen molar-refractivity contribution >= 4 is 23.6 Å². The molecule has 20 heavy (non-hydrogen) atoms. The first kappa shape index (κ1) is 14.7. The molecule has 0 aliphatic carbocycles. The maximum Gasteiger partial charge on any atom is 0.326 e. The minimum atomic E-state index is -0.939. The van der Waals surface area contributed by atoms with E-state index < -0.39 is 12.0 Å². The number of halogens is 1. The molecule has 5 nitrogen and oxygen atoms in total. The topological polar surface area (TPSA) is 69.6 Å². The summed E-state index contributed by atoms with van der Waals surface area (Å²) in [7, 11) is 0. The quantitative estimate of drug-likeness (QED) is 0.900. The smallest absolute Gasteiger partial charge is 0.326 e. The number of rotatable bonds is 3. The van der Waals surface area contributed by atoms with Crippen molar-refractivity contribution in [2.75, 3.05) is 6.54 Å². The zero-order valence-corrected chi connectivity index (χ0v) is 11.8. The Labute approximate surface area is 122 Å². The number of amides is 2. The highest BCUT2D eigenvalue weighted by Crippen LogP contribution is 2.17. The number of carbonyl (C=O) groups excluding carboxylic acids is 1. The Balaban J connectivity index is 1.93. The molecule has 1 aliphatic rings. The first-order valence-electron chi connectivity index (χ1n) is 6.59. The third kappa shape index (κ3) is 3.63. The fraction of sp³-hybridized carbons (Fsp3) is 0.429. The highest BCUT2D eigenvalue weighted by molar-refractivity contribution is 6.30. The van der Waals surface area contributed by atoms with Gasteiger partial charge in [-0.15, -0.1) is 0 Å². The standard InChI is InChI=1S/C14H17ClN2O3/c15-11-6-4-10(5-7-11)9-16-14(20)17-8-2-1-3-12(17)13(18)19/h4-7,12H,1-3,8-9H2,(H,16,20)(H,18,19). The predicted molar refractivity (Wildman–Crippen MR) is 75.7 cm³/mol. The van der Waals surface area contributed by atoms with Gasteiger partial charge in [0.15, 0.2) is 0 Å². The van der Waals surface area contributed by atoms with Crippen molar-refractivity contribution in [2.24, 2.45) is 0 Å². The molecule has 1 aromatic rings. The SMILES string of the molecule is O=C(O)C1CCCCN1C(=O)NCc1ccc(Cl)cc1. The van der Waals surface area contributed by atoms with Gasteiger partial charge in [0.25, 0.3) is 0 Å². The van der Waals surface area contributed by atoms with Crippen LogP contribution in [-0.4, -0.2) is 34.6 Å². The Hall–Kier alpha value is -1.75. The van der Waals surface area contributed by atoms with Gasteiger partial charge in [-0.25, -0.2) is 9.59 Å². The maximum absolute atomic E-state index is 12.1. The van der Waals surface area contributed by atoms with Crippen LogP contribution in [0.1, 0.15) is 24.8 Å². The fourth-order valence-corrected chi connectivity index (χ4v) is 2.44. The van der Waals surface area contributed by atoms with Crippen LogP contribution in [0.4, 0.5) is 4.79 Å². The van der Waals surface area contributed by atoms with Crippen LogP contribution in [0.2, 0.25) is 5.02 Å². The molecule has 6 heteroatoms. The van der Waals surface area contributed by atoms with Gasteiger partial charge in [-0.05, 0) is 37.0 Å². The van der Waals surface area contributed by atoms with Crippen LogP contribution in [0.25, 0.3) is 0 Å². The van der Waals surface area contributed by atoms with Gasteiger partial charge in [-0.2, -0.15) is 0 Å². The Kier molecular flexibility index (Phi) is 4.84. The summed E-state index contributed by atoms with van der Waals surface area (Å²) in [5.74, 6) is -0.939. The van der Waals surface area contributed by atoms with E-state index >= 15 is 0 Å². The molecule has 1 atom stereocenters. The van der Waals surface area contributed by atoms with E-state index in [0.717, 1.165) is 18.4 Å². The minimum Gasteiger partial charge on any atom is -0.480 e. The van der Waals surface area contributed by atoms with E-state index in [4.69, 9.17) is 16.7 Å².